The number of nitro groups is 1. The Hall–Kier alpha value is -1.30. The van der Waals surface area contributed by atoms with E-state index in [1.54, 1.807) is 0 Å². The lowest BCUT2D eigenvalue weighted by Gasteiger charge is -1.75. The fraction of sp³-hybridized carbons (Fsp3) is 0. The molecule has 0 N–H and O–H groups in total. The van der Waals surface area contributed by atoms with Gasteiger partial charge in [0, 0.05) is 6.08 Å². The molecule has 1 aromatic rings. The van der Waals surface area contributed by atoms with Gasteiger partial charge in [0.2, 0.25) is 6.20 Å². The topological polar surface area (TPSA) is 68.9 Å². The molecule has 0 atom stereocenters. The molecule has 0 aliphatic rings. The maximum absolute atomic E-state index is 9.77. The highest BCUT2D eigenvalue weighted by Gasteiger charge is 1.91. The lowest BCUT2D eigenvalue weighted by molar-refractivity contribution is -0.400. The molecule has 1 rings (SSSR count). The van der Waals surface area contributed by atoms with E-state index in [0.29, 0.717) is 5.01 Å². The summed E-state index contributed by atoms with van der Waals surface area (Å²) in [6.07, 6.45) is 2.14. The Kier molecular flexibility index (Phi) is 2.06. The maximum atomic E-state index is 9.77. The standard InChI is InChI=1S/C4H3N3O2S/c8-7(9)2-1-4-6-5-3-10-4/h1-3H. The largest absolute Gasteiger partial charge is 0.259 e. The summed E-state index contributed by atoms with van der Waals surface area (Å²) < 4.78 is 0. The van der Waals surface area contributed by atoms with Crippen molar-refractivity contribution in [3.8, 4) is 0 Å². The Morgan fingerprint density at radius 3 is 3.10 bits per heavy atom. The van der Waals surface area contributed by atoms with Crippen LogP contribution in [0.25, 0.3) is 6.08 Å². The van der Waals surface area contributed by atoms with Crippen LogP contribution in [-0.2, 0) is 0 Å². The lowest BCUT2D eigenvalue weighted by atomic mass is 10.6. The minimum absolute atomic E-state index is 0.539. The molecule has 10 heavy (non-hydrogen) atoms. The van der Waals surface area contributed by atoms with Crippen LogP contribution in [0.4, 0.5) is 0 Å². The Balaban J connectivity index is 2.64. The summed E-state index contributed by atoms with van der Waals surface area (Å²) in [5.41, 5.74) is 1.51. The van der Waals surface area contributed by atoms with Crippen molar-refractivity contribution < 1.29 is 4.92 Å². The van der Waals surface area contributed by atoms with Gasteiger partial charge < -0.3 is 0 Å². The summed E-state index contributed by atoms with van der Waals surface area (Å²) in [7, 11) is 0. The zero-order valence-corrected chi connectivity index (χ0v) is 5.61. The van der Waals surface area contributed by atoms with Crippen LogP contribution >= 0.6 is 11.3 Å². The van der Waals surface area contributed by atoms with Gasteiger partial charge in [-0.3, -0.25) is 10.1 Å². The quantitative estimate of drug-likeness (QED) is 0.470. The molecule has 0 aliphatic heterocycles. The zero-order chi connectivity index (χ0) is 7.40. The van der Waals surface area contributed by atoms with E-state index in [-0.39, 0.29) is 0 Å². The van der Waals surface area contributed by atoms with E-state index < -0.39 is 4.92 Å². The molecule has 0 unspecified atom stereocenters. The zero-order valence-electron chi connectivity index (χ0n) is 4.80. The van der Waals surface area contributed by atoms with Gasteiger partial charge in [-0.1, -0.05) is 0 Å². The van der Waals surface area contributed by atoms with Crippen LogP contribution in [0.1, 0.15) is 5.01 Å². The van der Waals surface area contributed by atoms with Gasteiger partial charge in [-0.25, -0.2) is 0 Å². The van der Waals surface area contributed by atoms with E-state index in [9.17, 15) is 10.1 Å². The predicted octanol–water partition coefficient (Wildman–Crippen LogP) is 0.785. The van der Waals surface area contributed by atoms with Gasteiger partial charge in [-0.2, -0.15) is 0 Å². The van der Waals surface area contributed by atoms with E-state index in [4.69, 9.17) is 0 Å². The van der Waals surface area contributed by atoms with Crippen molar-refractivity contribution in [2.75, 3.05) is 0 Å². The molecule has 0 saturated heterocycles. The number of hydrogen-bond donors (Lipinski definition) is 0. The first-order chi connectivity index (χ1) is 4.79. The SMILES string of the molecule is O=[N+]([O-])C=Cc1nncs1. The molecule has 0 amide bonds. The molecule has 5 nitrogen and oxygen atoms in total. The molecule has 0 fully saturated rings. The smallest absolute Gasteiger partial charge is 0.237 e. The summed E-state index contributed by atoms with van der Waals surface area (Å²) in [5.74, 6) is 0. The third-order valence-electron chi connectivity index (χ3n) is 0.716. The second kappa shape index (κ2) is 3.02. The van der Waals surface area contributed by atoms with E-state index in [1.807, 2.05) is 0 Å². The van der Waals surface area contributed by atoms with Crippen LogP contribution in [-0.4, -0.2) is 15.1 Å². The van der Waals surface area contributed by atoms with Gasteiger partial charge in [-0.05, 0) is 0 Å². The predicted molar refractivity (Wildman–Crippen MR) is 35.9 cm³/mol. The van der Waals surface area contributed by atoms with Gasteiger partial charge in [0.15, 0.2) is 0 Å². The summed E-state index contributed by atoms with van der Waals surface area (Å²) in [5, 5.41) is 17.4. The van der Waals surface area contributed by atoms with Gasteiger partial charge in [-0.15, -0.1) is 21.5 Å². The highest BCUT2D eigenvalue weighted by molar-refractivity contribution is 7.10. The minimum atomic E-state index is -0.540. The Labute approximate surface area is 60.2 Å². The van der Waals surface area contributed by atoms with Crippen LogP contribution < -0.4 is 0 Å². The van der Waals surface area contributed by atoms with Crippen molar-refractivity contribution in [3.63, 3.8) is 0 Å². The molecule has 0 saturated carbocycles. The van der Waals surface area contributed by atoms with E-state index in [1.165, 1.54) is 22.9 Å². The number of hydrogen-bond acceptors (Lipinski definition) is 5. The third-order valence-corrected chi connectivity index (χ3v) is 1.37. The first kappa shape index (κ1) is 6.81. The lowest BCUT2D eigenvalue weighted by Crippen LogP contribution is -1.81. The van der Waals surface area contributed by atoms with Crippen LogP contribution in [0, 0.1) is 10.1 Å². The third kappa shape index (κ3) is 1.90. The molecule has 1 heterocycles. The summed E-state index contributed by atoms with van der Waals surface area (Å²) in [6, 6.07) is 0. The van der Waals surface area contributed by atoms with Crippen molar-refractivity contribution in [1.29, 1.82) is 0 Å². The Morgan fingerprint density at radius 2 is 2.60 bits per heavy atom. The number of nitrogens with zero attached hydrogens (tertiary/aromatic N) is 3. The summed E-state index contributed by atoms with van der Waals surface area (Å²) in [4.78, 5) is 9.23. The van der Waals surface area contributed by atoms with Crippen LogP contribution in [0.5, 0.6) is 0 Å². The second-order valence-corrected chi connectivity index (χ2v) is 2.24. The van der Waals surface area contributed by atoms with E-state index >= 15 is 0 Å². The van der Waals surface area contributed by atoms with Crippen molar-refractivity contribution in [2.45, 2.75) is 0 Å². The van der Waals surface area contributed by atoms with Gasteiger partial charge >= 0.3 is 0 Å². The van der Waals surface area contributed by atoms with Gasteiger partial charge in [0.1, 0.15) is 10.5 Å². The first-order valence-electron chi connectivity index (χ1n) is 2.37. The summed E-state index contributed by atoms with van der Waals surface area (Å²) in [6.45, 7) is 0. The molecule has 0 aliphatic carbocycles. The van der Waals surface area contributed by atoms with Crippen LogP contribution in [0.3, 0.4) is 0 Å². The molecule has 52 valence electrons. The minimum Gasteiger partial charge on any atom is -0.259 e. The molecule has 0 aromatic carbocycles. The Morgan fingerprint density at radius 1 is 1.80 bits per heavy atom. The first-order valence-corrected chi connectivity index (χ1v) is 3.25. The van der Waals surface area contributed by atoms with Crippen LogP contribution in [0.2, 0.25) is 0 Å². The second-order valence-electron chi connectivity index (χ2n) is 1.38. The van der Waals surface area contributed by atoms with Crippen molar-refractivity contribution in [1.82, 2.24) is 10.2 Å². The fourth-order valence-electron chi connectivity index (χ4n) is 0.379. The van der Waals surface area contributed by atoms with Crippen molar-refractivity contribution in [2.24, 2.45) is 0 Å². The number of aromatic nitrogens is 2. The molecular weight excluding hydrogens is 154 g/mol. The van der Waals surface area contributed by atoms with E-state index in [2.05, 4.69) is 10.2 Å². The average Bonchev–Trinajstić information content (AvgIpc) is 2.34. The molecular formula is C4H3N3O2S. The molecule has 0 bridgehead atoms. The number of rotatable bonds is 2. The van der Waals surface area contributed by atoms with Crippen molar-refractivity contribution in [3.05, 3.63) is 26.8 Å². The average molecular weight is 157 g/mol. The van der Waals surface area contributed by atoms with Gasteiger partial charge in [0.25, 0.3) is 0 Å². The molecule has 0 radical (unpaired) electrons. The van der Waals surface area contributed by atoms with Crippen molar-refractivity contribution >= 4 is 17.4 Å². The highest BCUT2D eigenvalue weighted by Crippen LogP contribution is 2.02. The molecule has 6 heteroatoms. The summed E-state index contributed by atoms with van der Waals surface area (Å²) >= 11 is 1.25. The highest BCUT2D eigenvalue weighted by atomic mass is 32.1. The van der Waals surface area contributed by atoms with E-state index in [0.717, 1.165) is 6.20 Å². The molecule has 1 aromatic heterocycles. The normalized spacial score (nSPS) is 10.4. The van der Waals surface area contributed by atoms with Gasteiger partial charge in [0.05, 0.1) is 4.92 Å². The Bertz CT molecular complexity index is 243. The van der Waals surface area contributed by atoms with Crippen LogP contribution in [0.15, 0.2) is 11.7 Å². The fourth-order valence-corrected chi connectivity index (χ4v) is 0.815. The maximum Gasteiger partial charge on any atom is 0.237 e. The molecule has 0 spiro atoms. The monoisotopic (exact) mass is 157 g/mol.